The Morgan fingerprint density at radius 1 is 1.48 bits per heavy atom. The molecule has 3 heterocycles. The third kappa shape index (κ3) is 2.65. The van der Waals surface area contributed by atoms with Gasteiger partial charge in [-0.1, -0.05) is 13.8 Å². The molecule has 7 nitrogen and oxygen atoms in total. The number of nitrogen functional groups attached to an aromatic ring is 1. The van der Waals surface area contributed by atoms with Gasteiger partial charge in [0.25, 0.3) is 0 Å². The van der Waals surface area contributed by atoms with Gasteiger partial charge in [-0.25, -0.2) is 14.8 Å². The van der Waals surface area contributed by atoms with Gasteiger partial charge in [0.1, 0.15) is 11.8 Å². The fourth-order valence-electron chi connectivity index (χ4n) is 3.13. The fraction of sp³-hybridized carbons (Fsp3) is 0.571. The highest BCUT2D eigenvalue weighted by Gasteiger charge is 2.25. The fourth-order valence-corrected chi connectivity index (χ4v) is 3.13. The average Bonchev–Trinajstić information content (AvgIpc) is 2.76. The molecule has 0 amide bonds. The van der Waals surface area contributed by atoms with Gasteiger partial charge in [-0.05, 0) is 25.3 Å². The normalized spacial score (nSPS) is 20.4. The molecule has 1 saturated heterocycles. The molecule has 1 aliphatic rings. The predicted octanol–water partition coefficient (Wildman–Crippen LogP) is 0.953. The van der Waals surface area contributed by atoms with Crippen LogP contribution in [0.4, 0.5) is 5.82 Å². The molecular weight excluding hydrogens is 268 g/mol. The van der Waals surface area contributed by atoms with E-state index in [9.17, 15) is 4.79 Å². The van der Waals surface area contributed by atoms with Crippen molar-refractivity contribution in [1.29, 1.82) is 0 Å². The van der Waals surface area contributed by atoms with E-state index in [0.29, 0.717) is 17.0 Å². The van der Waals surface area contributed by atoms with Crippen molar-refractivity contribution in [2.45, 2.75) is 32.7 Å². The van der Waals surface area contributed by atoms with Crippen LogP contribution in [0.1, 0.15) is 32.7 Å². The summed E-state index contributed by atoms with van der Waals surface area (Å²) in [5, 5.41) is 0. The minimum atomic E-state index is -0.152. The van der Waals surface area contributed by atoms with Crippen LogP contribution in [0.25, 0.3) is 11.2 Å². The molecule has 1 atom stereocenters. The quantitative estimate of drug-likeness (QED) is 0.877. The highest BCUT2D eigenvalue weighted by Crippen LogP contribution is 2.24. The zero-order valence-electron chi connectivity index (χ0n) is 12.5. The summed E-state index contributed by atoms with van der Waals surface area (Å²) in [7, 11) is 0. The summed E-state index contributed by atoms with van der Waals surface area (Å²) in [4.78, 5) is 25.6. The van der Waals surface area contributed by atoms with E-state index in [2.05, 4.69) is 33.7 Å². The van der Waals surface area contributed by atoms with E-state index in [1.807, 2.05) is 0 Å². The number of fused-ring (bicyclic) bond motifs is 1. The Kier molecular flexibility index (Phi) is 3.67. The highest BCUT2D eigenvalue weighted by atomic mass is 16.1. The van der Waals surface area contributed by atoms with E-state index in [0.717, 1.165) is 32.5 Å². The molecule has 0 aliphatic carbocycles. The van der Waals surface area contributed by atoms with Gasteiger partial charge in [0.15, 0.2) is 11.5 Å². The van der Waals surface area contributed by atoms with Gasteiger partial charge in [-0.15, -0.1) is 0 Å². The third-order valence-electron chi connectivity index (χ3n) is 3.92. The maximum absolute atomic E-state index is 12.3. The molecular formula is C14H21N6O. The number of piperidine rings is 1. The summed E-state index contributed by atoms with van der Waals surface area (Å²) in [5.74, 6) is 1.70. The van der Waals surface area contributed by atoms with Crippen molar-refractivity contribution in [3.63, 3.8) is 0 Å². The van der Waals surface area contributed by atoms with Crippen LogP contribution in [0, 0.1) is 5.92 Å². The SMILES string of the molecule is C[C](C)CN1CCC[C@@H](n2c(=O)[nH]c3c(N)ncnc32)C1. The van der Waals surface area contributed by atoms with Crippen LogP contribution < -0.4 is 11.4 Å². The molecule has 0 spiro atoms. The molecule has 1 radical (unpaired) electrons. The van der Waals surface area contributed by atoms with Crippen molar-refractivity contribution < 1.29 is 0 Å². The number of likely N-dealkylation sites (tertiary alicyclic amines) is 1. The lowest BCUT2D eigenvalue weighted by atomic mass is 10.0. The third-order valence-corrected chi connectivity index (χ3v) is 3.92. The number of H-pyrrole nitrogens is 1. The van der Waals surface area contributed by atoms with E-state index >= 15 is 0 Å². The summed E-state index contributed by atoms with van der Waals surface area (Å²) < 4.78 is 1.74. The van der Waals surface area contributed by atoms with E-state index in [4.69, 9.17) is 5.73 Å². The summed E-state index contributed by atoms with van der Waals surface area (Å²) in [6.07, 6.45) is 3.47. The van der Waals surface area contributed by atoms with Gasteiger partial charge in [-0.3, -0.25) is 4.57 Å². The van der Waals surface area contributed by atoms with Gasteiger partial charge in [0, 0.05) is 13.1 Å². The standard InChI is InChI=1S/C14H21N6O/c1-9(2)6-19-5-3-4-10(7-19)20-13-11(18-14(20)21)12(15)16-8-17-13/h8,10H,3-7H2,1-2H3,(H,18,21)(H2,15,16,17)/t10-/m1/s1. The average molecular weight is 289 g/mol. The van der Waals surface area contributed by atoms with Gasteiger partial charge >= 0.3 is 5.69 Å². The molecule has 3 N–H and O–H groups in total. The van der Waals surface area contributed by atoms with E-state index in [1.165, 1.54) is 12.2 Å². The van der Waals surface area contributed by atoms with Gasteiger partial charge in [0.05, 0.1) is 6.04 Å². The molecule has 113 valence electrons. The zero-order valence-corrected chi connectivity index (χ0v) is 12.5. The molecule has 2 aromatic heterocycles. The first-order chi connectivity index (χ1) is 10.1. The lowest BCUT2D eigenvalue weighted by Gasteiger charge is -2.33. The van der Waals surface area contributed by atoms with E-state index in [-0.39, 0.29) is 11.7 Å². The molecule has 0 bridgehead atoms. The maximum Gasteiger partial charge on any atom is 0.328 e. The van der Waals surface area contributed by atoms with E-state index < -0.39 is 0 Å². The van der Waals surface area contributed by atoms with Crippen molar-refractivity contribution >= 4 is 17.0 Å². The minimum absolute atomic E-state index is 0.133. The molecule has 7 heteroatoms. The minimum Gasteiger partial charge on any atom is -0.382 e. The lowest BCUT2D eigenvalue weighted by Crippen LogP contribution is -2.40. The molecule has 2 aromatic rings. The smallest absolute Gasteiger partial charge is 0.328 e. The van der Waals surface area contributed by atoms with Crippen molar-refractivity contribution in [2.24, 2.45) is 0 Å². The molecule has 1 aliphatic heterocycles. The number of nitrogens with two attached hydrogens (primary N) is 1. The molecule has 1 fully saturated rings. The van der Waals surface area contributed by atoms with Gasteiger partial charge in [0.2, 0.25) is 0 Å². The first-order valence-corrected chi connectivity index (χ1v) is 7.28. The number of anilines is 1. The van der Waals surface area contributed by atoms with Crippen LogP contribution in [0.3, 0.4) is 0 Å². The second kappa shape index (κ2) is 5.48. The van der Waals surface area contributed by atoms with Crippen molar-refractivity contribution in [2.75, 3.05) is 25.4 Å². The summed E-state index contributed by atoms with van der Waals surface area (Å²) in [6.45, 7) is 7.19. The Bertz CT molecular complexity index is 688. The van der Waals surface area contributed by atoms with Crippen LogP contribution in [-0.4, -0.2) is 44.1 Å². The molecule has 21 heavy (non-hydrogen) atoms. The monoisotopic (exact) mass is 289 g/mol. The second-order valence-corrected chi connectivity index (χ2v) is 6.00. The second-order valence-electron chi connectivity index (χ2n) is 6.00. The van der Waals surface area contributed by atoms with E-state index in [1.54, 1.807) is 4.57 Å². The van der Waals surface area contributed by atoms with Crippen LogP contribution >= 0.6 is 0 Å². The van der Waals surface area contributed by atoms with Gasteiger partial charge in [-0.2, -0.15) is 0 Å². The Morgan fingerprint density at radius 3 is 3.05 bits per heavy atom. The van der Waals surface area contributed by atoms with Crippen LogP contribution in [-0.2, 0) is 0 Å². The number of rotatable bonds is 3. The van der Waals surface area contributed by atoms with Crippen molar-refractivity contribution in [3.8, 4) is 0 Å². The number of hydrogen-bond acceptors (Lipinski definition) is 5. The summed E-state index contributed by atoms with van der Waals surface area (Å²) in [5.41, 5.74) is 6.81. The Labute approximate surface area is 123 Å². The lowest BCUT2D eigenvalue weighted by molar-refractivity contribution is 0.183. The predicted molar refractivity (Wildman–Crippen MR) is 81.9 cm³/mol. The Balaban J connectivity index is 1.95. The number of aromatic nitrogens is 4. The number of nitrogens with zero attached hydrogens (tertiary/aromatic N) is 4. The van der Waals surface area contributed by atoms with Gasteiger partial charge < -0.3 is 15.6 Å². The van der Waals surface area contributed by atoms with Crippen LogP contribution in [0.15, 0.2) is 11.1 Å². The zero-order chi connectivity index (χ0) is 15.0. The molecule has 0 unspecified atom stereocenters. The number of nitrogens with one attached hydrogen (secondary N) is 1. The molecule has 3 rings (SSSR count). The van der Waals surface area contributed by atoms with Crippen LogP contribution in [0.5, 0.6) is 0 Å². The number of hydrogen-bond donors (Lipinski definition) is 2. The summed E-state index contributed by atoms with van der Waals surface area (Å²) in [6, 6.07) is 0.133. The van der Waals surface area contributed by atoms with Crippen molar-refractivity contribution in [3.05, 3.63) is 22.7 Å². The topological polar surface area (TPSA) is 92.8 Å². The largest absolute Gasteiger partial charge is 0.382 e. The first kappa shape index (κ1) is 14.1. The Hall–Kier alpha value is -1.89. The van der Waals surface area contributed by atoms with Crippen LogP contribution in [0.2, 0.25) is 0 Å². The van der Waals surface area contributed by atoms with Crippen molar-refractivity contribution in [1.82, 2.24) is 24.4 Å². The maximum atomic E-state index is 12.3. The highest BCUT2D eigenvalue weighted by molar-refractivity contribution is 5.81. The number of imidazole rings is 1. The first-order valence-electron chi connectivity index (χ1n) is 7.28. The summed E-state index contributed by atoms with van der Waals surface area (Å²) >= 11 is 0. The molecule has 0 saturated carbocycles. The number of aromatic amines is 1. The molecule has 0 aromatic carbocycles. The Morgan fingerprint density at radius 2 is 2.29 bits per heavy atom.